The Kier molecular flexibility index (Phi) is 7.05. The van der Waals surface area contributed by atoms with Crippen molar-refractivity contribution in [3.05, 3.63) is 68.9 Å². The van der Waals surface area contributed by atoms with E-state index in [0.29, 0.717) is 46.8 Å². The first-order valence-corrected chi connectivity index (χ1v) is 15.3. The van der Waals surface area contributed by atoms with Crippen molar-refractivity contribution in [1.82, 2.24) is 5.16 Å². The zero-order chi connectivity index (χ0) is 27.4. The summed E-state index contributed by atoms with van der Waals surface area (Å²) in [5.74, 6) is 1.76. The van der Waals surface area contributed by atoms with Gasteiger partial charge in [0, 0.05) is 41.2 Å². The molecule has 4 atom stereocenters. The van der Waals surface area contributed by atoms with Crippen molar-refractivity contribution >= 4 is 34.9 Å². The van der Waals surface area contributed by atoms with E-state index in [2.05, 4.69) is 28.3 Å². The predicted molar refractivity (Wildman–Crippen MR) is 155 cm³/mol. The summed E-state index contributed by atoms with van der Waals surface area (Å²) in [6.07, 6.45) is 7.18. The molecule has 6 nitrogen and oxygen atoms in total. The van der Waals surface area contributed by atoms with Crippen molar-refractivity contribution in [2.45, 2.75) is 76.5 Å². The number of aromatic nitrogens is 1. The fourth-order valence-corrected chi connectivity index (χ4v) is 7.62. The van der Waals surface area contributed by atoms with E-state index in [1.165, 1.54) is 16.8 Å². The minimum absolute atomic E-state index is 0.0145. The van der Waals surface area contributed by atoms with Crippen LogP contribution in [0.3, 0.4) is 0 Å². The summed E-state index contributed by atoms with van der Waals surface area (Å²) in [5, 5.41) is 5.56. The first-order valence-electron chi connectivity index (χ1n) is 14.6. The van der Waals surface area contributed by atoms with E-state index in [1.54, 1.807) is 0 Å². The van der Waals surface area contributed by atoms with Gasteiger partial charge >= 0.3 is 5.97 Å². The highest BCUT2D eigenvalue weighted by Crippen LogP contribution is 2.47. The Hall–Kier alpha value is -2.54. The molecule has 0 N–H and O–H groups in total. The molecule has 0 amide bonds. The largest absolute Gasteiger partial charge is 0.466 e. The molecule has 1 aliphatic heterocycles. The fraction of sp³-hybridized carbons (Fsp3) is 0.500. The number of ether oxygens (including phenoxy) is 2. The standard InChI is InChI=1S/C32H34Cl2N2O4/c1-2-38-32(37)21-9-8-20-13-23(11-10-19(20)12-21)36-16-22-14-24(36)15-28(22)39-17-25-30(35-40-31(25)18-6-7-18)29-26(33)4-3-5-27(29)34/h3-5,10-11,13,18,21-22,24,28H,2,6-9,12,14-17H2,1H3/t21?,22-,24-,28+/m0/s1. The number of rotatable bonds is 8. The third kappa shape index (κ3) is 4.82. The second kappa shape index (κ2) is 10.7. The topological polar surface area (TPSA) is 64.8 Å². The number of fused-ring (bicyclic) bond motifs is 3. The quantitative estimate of drug-likeness (QED) is 0.259. The van der Waals surface area contributed by atoms with Crippen LogP contribution in [0.4, 0.5) is 5.69 Å². The molecule has 4 aliphatic rings. The molecule has 1 aromatic heterocycles. The van der Waals surface area contributed by atoms with Gasteiger partial charge in [0.15, 0.2) is 0 Å². The van der Waals surface area contributed by atoms with Crippen LogP contribution in [-0.2, 0) is 33.7 Å². The summed E-state index contributed by atoms with van der Waals surface area (Å²) in [4.78, 5) is 14.8. The maximum atomic E-state index is 12.2. The maximum absolute atomic E-state index is 12.2. The Bertz CT molecular complexity index is 1410. The Morgan fingerprint density at radius 1 is 1.10 bits per heavy atom. The van der Waals surface area contributed by atoms with Crippen LogP contribution in [0, 0.1) is 11.8 Å². The second-order valence-electron chi connectivity index (χ2n) is 11.8. The van der Waals surface area contributed by atoms with Crippen LogP contribution in [0.1, 0.15) is 67.4 Å². The van der Waals surface area contributed by atoms with Gasteiger partial charge in [-0.3, -0.25) is 4.79 Å². The monoisotopic (exact) mass is 580 g/mol. The fourth-order valence-electron chi connectivity index (χ4n) is 7.05. The lowest BCUT2D eigenvalue weighted by atomic mass is 9.83. The van der Waals surface area contributed by atoms with Crippen LogP contribution in [0.25, 0.3) is 11.3 Å². The van der Waals surface area contributed by atoms with Crippen molar-refractivity contribution in [3.63, 3.8) is 0 Å². The van der Waals surface area contributed by atoms with Crippen molar-refractivity contribution in [1.29, 1.82) is 0 Å². The van der Waals surface area contributed by atoms with Crippen LogP contribution in [0.15, 0.2) is 40.9 Å². The lowest BCUT2D eigenvalue weighted by Crippen LogP contribution is -2.38. The van der Waals surface area contributed by atoms with E-state index in [-0.39, 0.29) is 18.0 Å². The number of halogens is 2. The van der Waals surface area contributed by atoms with Crippen molar-refractivity contribution in [3.8, 4) is 11.3 Å². The summed E-state index contributed by atoms with van der Waals surface area (Å²) in [7, 11) is 0. The number of aryl methyl sites for hydroxylation is 1. The van der Waals surface area contributed by atoms with E-state index in [0.717, 1.165) is 68.4 Å². The van der Waals surface area contributed by atoms with Gasteiger partial charge in [-0.1, -0.05) is 40.5 Å². The van der Waals surface area contributed by atoms with Crippen LogP contribution < -0.4 is 4.90 Å². The third-order valence-corrected chi connectivity index (χ3v) is 9.88. The predicted octanol–water partition coefficient (Wildman–Crippen LogP) is 7.38. The molecule has 2 heterocycles. The van der Waals surface area contributed by atoms with Gasteiger partial charge in [-0.15, -0.1) is 0 Å². The van der Waals surface area contributed by atoms with E-state index in [4.69, 9.17) is 37.2 Å². The molecule has 2 bridgehead atoms. The highest BCUT2D eigenvalue weighted by atomic mass is 35.5. The van der Waals surface area contributed by atoms with Gasteiger partial charge in [-0.2, -0.15) is 0 Å². The number of carbonyl (C=O) groups excluding carboxylic acids is 1. The van der Waals surface area contributed by atoms with Gasteiger partial charge in [-0.05, 0) is 87.3 Å². The smallest absolute Gasteiger partial charge is 0.309 e. The first kappa shape index (κ1) is 26.4. The van der Waals surface area contributed by atoms with E-state index >= 15 is 0 Å². The van der Waals surface area contributed by atoms with Crippen LogP contribution in [-0.4, -0.2) is 36.4 Å². The number of piperidine rings is 1. The molecule has 3 aromatic rings. The lowest BCUT2D eigenvalue weighted by Gasteiger charge is -2.34. The number of carbonyl (C=O) groups is 1. The number of anilines is 1. The molecule has 3 aliphatic carbocycles. The van der Waals surface area contributed by atoms with Crippen molar-refractivity contribution < 1.29 is 18.8 Å². The Labute approximate surface area is 244 Å². The highest BCUT2D eigenvalue weighted by molar-refractivity contribution is 6.39. The molecule has 2 aromatic carbocycles. The molecular formula is C32H34Cl2N2O4. The van der Waals surface area contributed by atoms with Crippen molar-refractivity contribution in [2.24, 2.45) is 11.8 Å². The van der Waals surface area contributed by atoms with Gasteiger partial charge in [0.1, 0.15) is 11.5 Å². The maximum Gasteiger partial charge on any atom is 0.309 e. The summed E-state index contributed by atoms with van der Waals surface area (Å²) in [5.41, 5.74) is 6.38. The minimum Gasteiger partial charge on any atom is -0.466 e. The van der Waals surface area contributed by atoms with E-state index in [1.807, 2.05) is 25.1 Å². The minimum atomic E-state index is -0.0577. The van der Waals surface area contributed by atoms with Gasteiger partial charge in [-0.25, -0.2) is 0 Å². The molecule has 210 valence electrons. The highest BCUT2D eigenvalue weighted by Gasteiger charge is 2.46. The molecule has 3 fully saturated rings. The number of esters is 1. The molecule has 8 heteroatoms. The van der Waals surface area contributed by atoms with Crippen LogP contribution in [0.5, 0.6) is 0 Å². The van der Waals surface area contributed by atoms with Crippen molar-refractivity contribution in [2.75, 3.05) is 18.1 Å². The Balaban J connectivity index is 1.03. The normalized spacial score (nSPS) is 25.3. The Morgan fingerprint density at radius 3 is 2.65 bits per heavy atom. The second-order valence-corrected chi connectivity index (χ2v) is 12.6. The summed E-state index contributed by atoms with van der Waals surface area (Å²) in [6, 6.07) is 12.8. The molecule has 0 spiro atoms. The molecule has 2 saturated carbocycles. The van der Waals surface area contributed by atoms with Gasteiger partial charge in [0.25, 0.3) is 0 Å². The van der Waals surface area contributed by atoms with E-state index < -0.39 is 0 Å². The number of benzene rings is 2. The zero-order valence-electron chi connectivity index (χ0n) is 22.7. The van der Waals surface area contributed by atoms with Crippen LogP contribution >= 0.6 is 23.2 Å². The van der Waals surface area contributed by atoms with Gasteiger partial charge in [0.05, 0.1) is 35.3 Å². The lowest BCUT2D eigenvalue weighted by molar-refractivity contribution is -0.148. The third-order valence-electron chi connectivity index (χ3n) is 9.25. The summed E-state index contributed by atoms with van der Waals surface area (Å²) < 4.78 is 17.7. The number of nitrogens with zero attached hydrogens (tertiary/aromatic N) is 2. The molecule has 40 heavy (non-hydrogen) atoms. The average molecular weight is 582 g/mol. The average Bonchev–Trinajstić information content (AvgIpc) is 3.40. The van der Waals surface area contributed by atoms with Crippen LogP contribution in [0.2, 0.25) is 10.0 Å². The summed E-state index contributed by atoms with van der Waals surface area (Å²) >= 11 is 13.1. The summed E-state index contributed by atoms with van der Waals surface area (Å²) in [6.45, 7) is 3.78. The molecule has 0 radical (unpaired) electrons. The molecule has 1 unspecified atom stereocenters. The Morgan fingerprint density at radius 2 is 1.93 bits per heavy atom. The molecular weight excluding hydrogens is 547 g/mol. The molecule has 1 saturated heterocycles. The van der Waals surface area contributed by atoms with Gasteiger partial charge < -0.3 is 18.9 Å². The number of hydrogen-bond acceptors (Lipinski definition) is 6. The number of hydrogen-bond donors (Lipinski definition) is 0. The zero-order valence-corrected chi connectivity index (χ0v) is 24.2. The first-order chi connectivity index (χ1) is 19.5. The van der Waals surface area contributed by atoms with Gasteiger partial charge in [0.2, 0.25) is 0 Å². The molecule has 7 rings (SSSR count). The SMILES string of the molecule is CCOC(=O)C1CCc2cc(N3C[C@@H]4C[C@H]3C[C@H]4OCc3c(-c4c(Cl)cccc4Cl)noc3C3CC3)ccc2C1. The van der Waals surface area contributed by atoms with E-state index in [9.17, 15) is 4.79 Å².